The SMILES string of the molecule is COc1cccc(-c2cnc(-c3ccncc3)nc2C2CCN(CCCc3ccccc3)CC2)c1.Cc1ccc(CN2CCC(c3nc(-c4ccncc4)ncc3-c3cccc(C)c3)CC2)cc1.Cc1cccc(-c2cnc(-c3ccncc3)nc2C2CCN(Cc3cc(C)ccc3O)CC2)c1.Cc1cccc(-c2cnc(-c3ccncc3)nc2C2CCN(Cc3cccs3)CC2)c1. The Kier molecular flexibility index (Phi) is 31.1. The van der Waals surface area contributed by atoms with Crippen LogP contribution in [0.25, 0.3) is 90.1 Å². The molecule has 4 aliphatic rings. The second-order valence-electron chi connectivity index (χ2n) is 35.8. The number of ether oxygens (including phenoxy) is 1. The van der Waals surface area contributed by atoms with Crippen LogP contribution in [0, 0.1) is 34.6 Å². The maximum absolute atomic E-state index is 10.3. The minimum Gasteiger partial charge on any atom is -0.508 e. The summed E-state index contributed by atoms with van der Waals surface area (Å²) in [6.45, 7) is 23.1. The van der Waals surface area contributed by atoms with Crippen LogP contribution < -0.4 is 4.74 Å². The number of likely N-dealkylation sites (tertiary alicyclic amines) is 4. The Morgan fingerprint density at radius 3 is 1.07 bits per heavy atom. The van der Waals surface area contributed by atoms with Gasteiger partial charge in [0, 0.05) is 173 Å². The van der Waals surface area contributed by atoms with Crippen molar-refractivity contribution in [3.05, 3.63) is 382 Å². The average Bonchev–Trinajstić information content (AvgIpc) is 0.898. The summed E-state index contributed by atoms with van der Waals surface area (Å²) in [5.41, 5.74) is 27.9. The highest BCUT2D eigenvalue weighted by Crippen LogP contribution is 2.42. The zero-order chi connectivity index (χ0) is 91.0. The molecule has 133 heavy (non-hydrogen) atoms. The van der Waals surface area contributed by atoms with Crippen molar-refractivity contribution in [1.82, 2.24) is 79.4 Å². The summed E-state index contributed by atoms with van der Waals surface area (Å²) in [7, 11) is 1.70. The molecule has 7 aromatic carbocycles. The van der Waals surface area contributed by atoms with Crippen molar-refractivity contribution in [2.24, 2.45) is 0 Å². The van der Waals surface area contributed by atoms with E-state index in [4.69, 9.17) is 44.6 Å². The minimum absolute atomic E-state index is 0.362. The summed E-state index contributed by atoms with van der Waals surface area (Å²) >= 11 is 1.85. The highest BCUT2D eigenvalue weighted by molar-refractivity contribution is 7.09. The van der Waals surface area contributed by atoms with Gasteiger partial charge >= 0.3 is 0 Å². The van der Waals surface area contributed by atoms with E-state index in [1.54, 1.807) is 62.8 Å². The first kappa shape index (κ1) is 91.5. The summed E-state index contributed by atoms with van der Waals surface area (Å²) in [5, 5.41) is 12.4. The molecule has 4 fully saturated rings. The Bertz CT molecular complexity index is 6410. The molecule has 0 bridgehead atoms. The van der Waals surface area contributed by atoms with Gasteiger partial charge in [-0.25, -0.2) is 39.9 Å². The highest BCUT2D eigenvalue weighted by Gasteiger charge is 2.31. The third-order valence-corrected chi connectivity index (χ3v) is 27.1. The van der Waals surface area contributed by atoms with Gasteiger partial charge < -0.3 is 14.7 Å². The molecule has 16 aromatic rings. The van der Waals surface area contributed by atoms with Crippen LogP contribution in [-0.4, -0.2) is 151 Å². The molecular weight excluding hydrogens is 1660 g/mol. The number of phenols is 1. The van der Waals surface area contributed by atoms with E-state index in [9.17, 15) is 5.11 Å². The van der Waals surface area contributed by atoms with Crippen LogP contribution in [0.3, 0.4) is 0 Å². The number of benzene rings is 7. The van der Waals surface area contributed by atoms with Gasteiger partial charge in [-0.15, -0.1) is 11.3 Å². The molecule has 1 N–H and O–H groups in total. The van der Waals surface area contributed by atoms with E-state index in [-0.39, 0.29) is 0 Å². The van der Waals surface area contributed by atoms with E-state index in [1.807, 2.05) is 103 Å². The first-order valence-electron chi connectivity index (χ1n) is 47.0. The van der Waals surface area contributed by atoms with Crippen LogP contribution in [0.1, 0.15) is 154 Å². The average molecular weight is 1780 g/mol. The fourth-order valence-electron chi connectivity index (χ4n) is 18.8. The quantitative estimate of drug-likeness (QED) is 0.0634. The molecule has 9 aromatic heterocycles. The van der Waals surface area contributed by atoms with Gasteiger partial charge in [-0.2, -0.15) is 0 Å². The van der Waals surface area contributed by atoms with Crippen LogP contribution in [0.15, 0.2) is 310 Å². The second kappa shape index (κ2) is 45.1. The number of piperidine rings is 4. The van der Waals surface area contributed by atoms with Gasteiger partial charge in [0.25, 0.3) is 0 Å². The third-order valence-electron chi connectivity index (χ3n) is 26.2. The lowest BCUT2D eigenvalue weighted by Gasteiger charge is -2.32. The van der Waals surface area contributed by atoms with Crippen LogP contribution in [0.4, 0.5) is 0 Å². The summed E-state index contributed by atoms with van der Waals surface area (Å²) in [5.74, 6) is 5.96. The van der Waals surface area contributed by atoms with Gasteiger partial charge in [-0.3, -0.25) is 34.6 Å². The molecule has 20 rings (SSSR count). The molecule has 0 spiro atoms. The van der Waals surface area contributed by atoms with E-state index >= 15 is 0 Å². The van der Waals surface area contributed by atoms with E-state index in [0.717, 1.165) is 227 Å². The predicted molar refractivity (Wildman–Crippen MR) is 537 cm³/mol. The lowest BCUT2D eigenvalue weighted by Crippen LogP contribution is -2.34. The van der Waals surface area contributed by atoms with Gasteiger partial charge in [0.15, 0.2) is 23.3 Å². The first-order chi connectivity index (χ1) is 65.3. The lowest BCUT2D eigenvalue weighted by atomic mass is 9.88. The van der Waals surface area contributed by atoms with Crippen molar-refractivity contribution in [3.63, 3.8) is 0 Å². The Hall–Kier alpha value is -13.4. The summed E-state index contributed by atoms with van der Waals surface area (Å²) in [6, 6.07) is 79.8. The fraction of sp³-hybridized carbons (Fsp3) is 0.281. The number of hydrogen-bond acceptors (Lipinski definition) is 19. The zero-order valence-corrected chi connectivity index (χ0v) is 78.0. The van der Waals surface area contributed by atoms with Crippen molar-refractivity contribution in [3.8, 4) is 102 Å². The van der Waals surface area contributed by atoms with Gasteiger partial charge in [0.1, 0.15) is 11.5 Å². The number of rotatable bonds is 23. The number of methoxy groups -OCH3 is 1. The summed E-state index contributed by atoms with van der Waals surface area (Å²) in [6.07, 6.45) is 33.4. The maximum atomic E-state index is 10.3. The molecule has 0 unspecified atom stereocenters. The second-order valence-corrected chi connectivity index (χ2v) is 36.8. The normalized spacial score (nSPS) is 14.9. The third kappa shape index (κ3) is 24.5. The van der Waals surface area contributed by atoms with Crippen LogP contribution in [0.2, 0.25) is 0 Å². The maximum Gasteiger partial charge on any atom is 0.159 e. The fourth-order valence-corrected chi connectivity index (χ4v) is 19.6. The molecule has 672 valence electrons. The standard InChI is InChI=1S/C30H32N4O.C29H30N4O.C29H30N4.C26H26N4S/c1-35-27-11-5-10-26(21-27)28-22-32-30(25-12-16-31-17-13-25)33-29(28)24-14-19-34(20-15-24)18-6-9-23-7-3-2-4-8-23;1-20-4-3-5-24(16-20)26-18-31-29(23-8-12-30-13-9-23)32-28(26)22-10-14-33(15-11-22)19-25-17-21(2)6-7-27(25)34;1-21-6-8-23(9-7-21)20-33-16-12-24(13-17-33)28-27(26-5-3-4-22(2)18-26)19-31-29(32-28)25-10-14-30-15-11-25;1-19-4-2-5-22(16-19)24-17-28-26(21-7-11-27-12-8-21)29-25(24)20-9-13-30(14-10-20)18-23-6-3-15-31-23/h2-5,7-8,10-13,16-17,21-22,24H,6,9,14-15,18-20H2,1H3;3-9,12-13,16-18,22,34H,10-11,14-15,19H2,1-2H3;3-11,14-15,18-19,24H,12-13,16-17,20H2,1-2H3;2-8,11-12,15-17,20H,9-10,13-14,18H2,1H3. The van der Waals surface area contributed by atoms with Crippen molar-refractivity contribution < 1.29 is 9.84 Å². The van der Waals surface area contributed by atoms with Crippen molar-refractivity contribution in [1.29, 1.82) is 0 Å². The van der Waals surface area contributed by atoms with Crippen LogP contribution >= 0.6 is 11.3 Å². The van der Waals surface area contributed by atoms with E-state index < -0.39 is 0 Å². The Morgan fingerprint density at radius 1 is 0.323 bits per heavy atom. The number of aromatic nitrogens is 12. The topological polar surface area (TPSA) is 197 Å². The summed E-state index contributed by atoms with van der Waals surface area (Å²) in [4.78, 5) is 67.6. The molecule has 13 heterocycles. The smallest absolute Gasteiger partial charge is 0.159 e. The molecular formula is C114H118N16O2S. The molecule has 0 amide bonds. The van der Waals surface area contributed by atoms with Gasteiger partial charge in [-0.1, -0.05) is 186 Å². The zero-order valence-electron chi connectivity index (χ0n) is 77.2. The Labute approximate surface area is 787 Å². The Balaban J connectivity index is 0.000000124. The van der Waals surface area contributed by atoms with E-state index in [2.05, 4.69) is 237 Å². The number of nitrogens with zero attached hydrogens (tertiary/aromatic N) is 16. The predicted octanol–water partition coefficient (Wildman–Crippen LogP) is 24.1. The minimum atomic E-state index is 0.362. The van der Waals surface area contributed by atoms with Crippen LogP contribution in [-0.2, 0) is 26.1 Å². The Morgan fingerprint density at radius 2 is 0.684 bits per heavy atom. The molecule has 18 nitrogen and oxygen atoms in total. The lowest BCUT2D eigenvalue weighted by molar-refractivity contribution is 0.201. The number of aryl methyl sites for hydroxylation is 6. The van der Waals surface area contributed by atoms with Crippen LogP contribution in [0.5, 0.6) is 11.5 Å². The molecule has 0 atom stereocenters. The first-order valence-corrected chi connectivity index (χ1v) is 47.9. The molecule has 19 heteroatoms. The van der Waals surface area contributed by atoms with E-state index in [1.165, 1.54) is 83.9 Å². The number of aromatic hydroxyl groups is 1. The largest absolute Gasteiger partial charge is 0.508 e. The van der Waals surface area contributed by atoms with Gasteiger partial charge in [0.05, 0.1) is 29.9 Å². The number of pyridine rings is 4. The molecule has 0 aliphatic carbocycles. The molecule has 0 saturated carbocycles. The monoisotopic (exact) mass is 1770 g/mol. The van der Waals surface area contributed by atoms with Gasteiger partial charge in [-0.05, 0) is 269 Å². The van der Waals surface area contributed by atoms with Crippen molar-refractivity contribution in [2.75, 3.05) is 66.0 Å². The van der Waals surface area contributed by atoms with Gasteiger partial charge in [0.2, 0.25) is 0 Å². The molecule has 4 saturated heterocycles. The number of phenolic OH excluding ortho intramolecular Hbond substituents is 1. The molecule has 4 aliphatic heterocycles. The van der Waals surface area contributed by atoms with E-state index in [0.29, 0.717) is 29.4 Å². The number of hydrogen-bond donors (Lipinski definition) is 1. The number of thiophene rings is 1. The van der Waals surface area contributed by atoms with Crippen molar-refractivity contribution in [2.45, 2.75) is 142 Å². The highest BCUT2D eigenvalue weighted by atomic mass is 32.1. The summed E-state index contributed by atoms with van der Waals surface area (Å²) < 4.78 is 5.48. The van der Waals surface area contributed by atoms with Crippen molar-refractivity contribution >= 4 is 11.3 Å². The molecule has 0 radical (unpaired) electrons.